The van der Waals surface area contributed by atoms with E-state index in [4.69, 9.17) is 63.6 Å². The summed E-state index contributed by atoms with van der Waals surface area (Å²) < 4.78 is 27.2. The van der Waals surface area contributed by atoms with Crippen molar-refractivity contribution in [2.75, 3.05) is 76.2 Å². The molecule has 4 rings (SSSR count). The molecule has 0 aliphatic heterocycles. The molecule has 4 aromatic rings. The SMILES string of the molecule is CC(C)(C)[Si](C)(C)OCCOc1cc(C(N)=O)cc([N+](=O)[O-])c1Cl.CCCOc1cc(C(N)=O)cc([N+](=O)[O-])c1NC/C=C/CNc1c(OC)cc(C(N)=O)cc1[N+](=O)[O-].COc1cc(C(N)=O)cc([N+](=O)[O-])c1NC/C=C/CN.Cl. The summed E-state index contributed by atoms with van der Waals surface area (Å²) in [6, 6.07) is 9.52. The van der Waals surface area contributed by atoms with Gasteiger partial charge in [0.1, 0.15) is 29.6 Å². The fourth-order valence-corrected chi connectivity index (χ4v) is 7.56. The topological polar surface area (TPSA) is 453 Å². The fourth-order valence-electron chi connectivity index (χ4n) is 6.30. The first-order valence-electron chi connectivity index (χ1n) is 23.8. The van der Waals surface area contributed by atoms with Crippen molar-refractivity contribution in [1.82, 2.24) is 0 Å². The molecular formula is C49H66Cl2N12O17Si. The number of hydrogen-bond acceptors (Lipinski definition) is 21. The van der Waals surface area contributed by atoms with E-state index < -0.39 is 63.0 Å². The first-order chi connectivity index (χ1) is 37.5. The Morgan fingerprint density at radius 2 is 0.877 bits per heavy atom. The van der Waals surface area contributed by atoms with Crippen LogP contribution in [-0.4, -0.2) is 112 Å². The molecule has 13 N–H and O–H groups in total. The summed E-state index contributed by atoms with van der Waals surface area (Å²) in [6.45, 7) is 14.1. The Labute approximate surface area is 476 Å². The molecule has 0 aliphatic rings. The van der Waals surface area contributed by atoms with Crippen LogP contribution in [0.4, 0.5) is 39.8 Å². The number of nitrogens with zero attached hydrogens (tertiary/aromatic N) is 4. The van der Waals surface area contributed by atoms with E-state index in [9.17, 15) is 59.6 Å². The molecule has 0 atom stereocenters. The molecule has 4 amide bonds. The molecule has 0 unspecified atom stereocenters. The van der Waals surface area contributed by atoms with Gasteiger partial charge in [-0.05, 0) is 48.8 Å². The van der Waals surface area contributed by atoms with Gasteiger partial charge >= 0.3 is 0 Å². The summed E-state index contributed by atoms with van der Waals surface area (Å²) in [5.74, 6) is -2.83. The molecule has 0 saturated heterocycles. The third-order valence-electron chi connectivity index (χ3n) is 11.4. The predicted molar refractivity (Wildman–Crippen MR) is 309 cm³/mol. The number of benzene rings is 4. The highest BCUT2D eigenvalue weighted by molar-refractivity contribution is 6.74. The quantitative estimate of drug-likeness (QED) is 0.00903. The number of nitro benzene ring substituents is 4. The van der Waals surface area contributed by atoms with Crippen LogP contribution in [0.5, 0.6) is 23.0 Å². The number of ether oxygens (including phenoxy) is 4. The van der Waals surface area contributed by atoms with Crippen LogP contribution in [0, 0.1) is 40.5 Å². The van der Waals surface area contributed by atoms with Gasteiger partial charge in [0.25, 0.3) is 22.7 Å². The molecule has 4 aromatic carbocycles. The molecule has 0 fully saturated rings. The zero-order valence-electron chi connectivity index (χ0n) is 45.5. The number of nitrogens with two attached hydrogens (primary N) is 5. The summed E-state index contributed by atoms with van der Waals surface area (Å²) in [6.07, 6.45) is 7.32. The maximum atomic E-state index is 11.6. The molecule has 0 aromatic heterocycles. The van der Waals surface area contributed by atoms with Gasteiger partial charge in [0.15, 0.2) is 30.4 Å². The van der Waals surface area contributed by atoms with E-state index in [1.54, 1.807) is 24.3 Å². The van der Waals surface area contributed by atoms with Gasteiger partial charge in [-0.15, -0.1) is 12.4 Å². The Kier molecular flexibility index (Phi) is 28.5. The molecule has 0 spiro atoms. The molecule has 442 valence electrons. The zero-order chi connectivity index (χ0) is 60.7. The second-order valence-corrected chi connectivity index (χ2v) is 23.1. The van der Waals surface area contributed by atoms with Crippen molar-refractivity contribution in [3.8, 4) is 23.0 Å². The minimum Gasteiger partial charge on any atom is -0.494 e. The third-order valence-corrected chi connectivity index (χ3v) is 16.3. The van der Waals surface area contributed by atoms with E-state index in [1.165, 1.54) is 38.5 Å². The lowest BCUT2D eigenvalue weighted by atomic mass is 10.1. The van der Waals surface area contributed by atoms with Crippen LogP contribution in [0.25, 0.3) is 0 Å². The lowest BCUT2D eigenvalue weighted by Crippen LogP contribution is -2.41. The first kappa shape index (κ1) is 70.2. The number of nitro groups is 4. The Morgan fingerprint density at radius 3 is 1.20 bits per heavy atom. The van der Waals surface area contributed by atoms with Gasteiger partial charge in [-0.1, -0.05) is 63.6 Å². The number of halogens is 2. The third kappa shape index (κ3) is 21.0. The van der Waals surface area contributed by atoms with Crippen LogP contribution in [0.1, 0.15) is 75.5 Å². The summed E-state index contributed by atoms with van der Waals surface area (Å²) in [4.78, 5) is 87.9. The Bertz CT molecular complexity index is 2990. The van der Waals surface area contributed by atoms with Crippen LogP contribution in [0.15, 0.2) is 72.8 Å². The van der Waals surface area contributed by atoms with Crippen molar-refractivity contribution in [3.05, 3.63) is 141 Å². The molecule has 29 nitrogen and oxygen atoms in total. The molecule has 0 aliphatic carbocycles. The smallest absolute Gasteiger partial charge is 0.296 e. The highest BCUT2D eigenvalue weighted by atomic mass is 35.5. The summed E-state index contributed by atoms with van der Waals surface area (Å²) in [5, 5.41) is 53.6. The molecule has 0 bridgehead atoms. The molecule has 0 heterocycles. The molecule has 81 heavy (non-hydrogen) atoms. The van der Waals surface area contributed by atoms with Crippen molar-refractivity contribution < 1.29 is 62.2 Å². The number of primary amides is 4. The summed E-state index contributed by atoms with van der Waals surface area (Å²) in [5.41, 5.74) is 24.8. The Balaban J connectivity index is 0.000000636. The second-order valence-electron chi connectivity index (χ2n) is 17.9. The Hall–Kier alpha value is -8.84. The lowest BCUT2D eigenvalue weighted by Gasteiger charge is -2.36. The number of nitrogens with one attached hydrogen (secondary N) is 3. The maximum absolute atomic E-state index is 11.6. The van der Waals surface area contributed by atoms with Gasteiger partial charge in [0.05, 0.1) is 47.1 Å². The maximum Gasteiger partial charge on any atom is 0.296 e. The normalized spacial score (nSPS) is 10.9. The number of methoxy groups -OCH3 is 2. The summed E-state index contributed by atoms with van der Waals surface area (Å²) >= 11 is 5.97. The van der Waals surface area contributed by atoms with Crippen LogP contribution in [-0.2, 0) is 4.43 Å². The number of carbonyl (C=O) groups excluding carboxylic acids is 4. The number of hydrogen-bond donors (Lipinski definition) is 8. The van der Waals surface area contributed by atoms with Crippen molar-refractivity contribution in [1.29, 1.82) is 0 Å². The molecule has 32 heteroatoms. The monoisotopic (exact) mass is 1190 g/mol. The van der Waals surface area contributed by atoms with Crippen molar-refractivity contribution in [2.24, 2.45) is 28.7 Å². The number of amides is 4. The minimum absolute atomic E-state index is 0. The van der Waals surface area contributed by atoms with Crippen molar-refractivity contribution in [2.45, 2.75) is 52.2 Å². The van der Waals surface area contributed by atoms with E-state index in [0.29, 0.717) is 26.1 Å². The number of anilines is 3. The van der Waals surface area contributed by atoms with Crippen molar-refractivity contribution in [3.63, 3.8) is 0 Å². The van der Waals surface area contributed by atoms with Crippen LogP contribution in [0.2, 0.25) is 23.2 Å². The highest BCUT2D eigenvalue weighted by Crippen LogP contribution is 2.40. The van der Waals surface area contributed by atoms with Crippen LogP contribution < -0.4 is 63.6 Å². The van der Waals surface area contributed by atoms with E-state index in [2.05, 4.69) is 49.8 Å². The van der Waals surface area contributed by atoms with Gasteiger partial charge in [-0.3, -0.25) is 59.6 Å². The first-order valence-corrected chi connectivity index (χ1v) is 27.1. The largest absolute Gasteiger partial charge is 0.494 e. The lowest BCUT2D eigenvalue weighted by molar-refractivity contribution is -0.384. The van der Waals surface area contributed by atoms with E-state index in [-0.39, 0.29) is 122 Å². The van der Waals surface area contributed by atoms with E-state index >= 15 is 0 Å². The van der Waals surface area contributed by atoms with Crippen molar-refractivity contribution >= 4 is 95.8 Å². The molecule has 0 radical (unpaired) electrons. The van der Waals surface area contributed by atoms with E-state index in [1.807, 2.05) is 6.92 Å². The van der Waals surface area contributed by atoms with Gasteiger partial charge in [-0.25, -0.2) is 0 Å². The standard InChI is InChI=1S/C22H26N6O8.C15H23ClN2O5Si.C12H16N4O4.ClH/c1-3-8-36-18-12-14(22(24)30)10-16(28(33)34)20(18)26-7-5-4-6-25-19-15(27(31)32)9-13(21(23)29)11-17(19)35-2;1-15(2,3)24(4,5)23-7-6-22-12-9-10(14(17)19)8-11(13(12)16)18(20)21;1-20-10-7-8(12(14)17)6-9(16(18)19)11(10)15-5-3-2-4-13;/h4-5,9-12,25-26H,3,6-8H2,1-2H3,(H2,23,29)(H2,24,30);8-9H,6-7H2,1-5H3,(H2,17,19);2-3,6-7,15H,4-5,13H2,1H3,(H2,14,17);1H/b5-4+;;3-2+;. The Morgan fingerprint density at radius 1 is 0.556 bits per heavy atom. The highest BCUT2D eigenvalue weighted by Gasteiger charge is 2.37. The number of carbonyl (C=O) groups is 4. The van der Waals surface area contributed by atoms with Gasteiger partial charge < -0.3 is 68.0 Å². The second kappa shape index (κ2) is 32.9. The average Bonchev–Trinajstić information content (AvgIpc) is 3.38. The van der Waals surface area contributed by atoms with Crippen LogP contribution >= 0.6 is 24.0 Å². The predicted octanol–water partition coefficient (Wildman–Crippen LogP) is 7.38. The van der Waals surface area contributed by atoms with E-state index in [0.717, 1.165) is 24.3 Å². The molecular weight excluding hydrogens is 1130 g/mol. The van der Waals surface area contributed by atoms with Gasteiger partial charge in [0, 0.05) is 72.7 Å². The molecule has 0 saturated carbocycles. The fraction of sp³-hybridized carbons (Fsp3) is 0.347. The minimum atomic E-state index is -1.91. The van der Waals surface area contributed by atoms with Gasteiger partial charge in [-0.2, -0.15) is 0 Å². The number of rotatable bonds is 28. The zero-order valence-corrected chi connectivity index (χ0v) is 48.1. The van der Waals surface area contributed by atoms with Gasteiger partial charge in [0.2, 0.25) is 23.6 Å². The summed E-state index contributed by atoms with van der Waals surface area (Å²) in [7, 11) is 0.737. The van der Waals surface area contributed by atoms with Crippen LogP contribution in [0.3, 0.4) is 0 Å². The average molecular weight is 1190 g/mol.